The van der Waals surface area contributed by atoms with E-state index in [-0.39, 0.29) is 0 Å². The first kappa shape index (κ1) is 49.9. The van der Waals surface area contributed by atoms with Gasteiger partial charge in [-0.2, -0.15) is 0 Å². The second kappa shape index (κ2) is 20.9. The van der Waals surface area contributed by atoms with Gasteiger partial charge in [0.15, 0.2) is 0 Å². The predicted octanol–water partition coefficient (Wildman–Crippen LogP) is 22.2. The van der Waals surface area contributed by atoms with Gasteiger partial charge in [-0.25, -0.2) is 0 Å². The molecule has 0 spiro atoms. The Balaban J connectivity index is 1.04. The van der Waals surface area contributed by atoms with Crippen LogP contribution in [0, 0.1) is 27.7 Å². The van der Waals surface area contributed by atoms with Gasteiger partial charge in [-0.3, -0.25) is 0 Å². The third-order valence-electron chi connectivity index (χ3n) is 16.0. The molecule has 0 aliphatic carbocycles. The Bertz CT molecular complexity index is 3900. The predicted molar refractivity (Wildman–Crippen MR) is 337 cm³/mol. The Morgan fingerprint density at radius 3 is 0.962 bits per heavy atom. The molecule has 0 atom stereocenters. The van der Waals surface area contributed by atoms with Crippen molar-refractivity contribution in [3.8, 4) is 44.5 Å². The van der Waals surface area contributed by atoms with Crippen molar-refractivity contribution in [1.82, 2.24) is 0 Å². The summed E-state index contributed by atoms with van der Waals surface area (Å²) in [6.07, 6.45) is 0. The summed E-state index contributed by atoms with van der Waals surface area (Å²) in [4.78, 5) is 4.98. The lowest BCUT2D eigenvalue weighted by molar-refractivity contribution is 0.867. The third-order valence-corrected chi connectivity index (χ3v) is 16.0. The van der Waals surface area contributed by atoms with Crippen LogP contribution < -0.4 is 9.80 Å². The monoisotopic (exact) mass is 1010 g/mol. The van der Waals surface area contributed by atoms with E-state index >= 15 is 0 Å². The Morgan fingerprint density at radius 2 is 0.603 bits per heavy atom. The molecule has 380 valence electrons. The molecule has 78 heavy (non-hydrogen) atoms. The molecule has 0 radical (unpaired) electrons. The molecule has 2 nitrogen and oxygen atoms in total. The van der Waals surface area contributed by atoms with Crippen molar-refractivity contribution in [3.63, 3.8) is 0 Å². The van der Waals surface area contributed by atoms with Crippen molar-refractivity contribution < 1.29 is 0 Å². The summed E-state index contributed by atoms with van der Waals surface area (Å²) in [6.45, 7) is 17.9. The quantitative estimate of drug-likeness (QED) is 0.113. The van der Waals surface area contributed by atoms with Gasteiger partial charge in [0.1, 0.15) is 0 Å². The maximum absolute atomic E-state index is 2.49. The van der Waals surface area contributed by atoms with Crippen molar-refractivity contribution in [1.29, 1.82) is 0 Å². The highest BCUT2D eigenvalue weighted by Crippen LogP contribution is 2.49. The van der Waals surface area contributed by atoms with Crippen LogP contribution in [0.4, 0.5) is 34.1 Å². The van der Waals surface area contributed by atoms with E-state index in [1.165, 1.54) is 110 Å². The van der Waals surface area contributed by atoms with E-state index in [0.717, 1.165) is 34.1 Å². The number of hydrogen-bond acceptors (Lipinski definition) is 2. The fourth-order valence-corrected chi connectivity index (χ4v) is 11.8. The summed E-state index contributed by atoms with van der Waals surface area (Å²) in [5, 5.41) is 7.20. The largest absolute Gasteiger partial charge is 0.310 e. The number of fused-ring (bicyclic) bond motifs is 5. The SMILES string of the molecule is Cc1ccc(N(c2ccc(-c3ccc(C(C)C)cc3-c3ccccc3)cc2)c2cc3c4ccccc4c(N(c4ccc(-c5ccc(C(C)C)cc5-c5ccccc5)cc4)c4ccc(C)cc4C)cc3c3ccccc23)c(C)c1. The van der Waals surface area contributed by atoms with Gasteiger partial charge in [-0.1, -0.05) is 233 Å². The zero-order chi connectivity index (χ0) is 53.6. The molecular weight excluding hydrogens is 941 g/mol. The minimum atomic E-state index is 0.429. The maximum atomic E-state index is 2.49. The molecule has 0 N–H and O–H groups in total. The Morgan fingerprint density at radius 1 is 0.256 bits per heavy atom. The maximum Gasteiger partial charge on any atom is 0.0546 e. The van der Waals surface area contributed by atoms with Crippen molar-refractivity contribution in [3.05, 3.63) is 276 Å². The first-order chi connectivity index (χ1) is 38.0. The minimum Gasteiger partial charge on any atom is -0.310 e. The number of aryl methyl sites for hydroxylation is 4. The number of hydrogen-bond donors (Lipinski definition) is 0. The van der Waals surface area contributed by atoms with E-state index < -0.39 is 0 Å². The summed E-state index contributed by atoms with van der Waals surface area (Å²) >= 11 is 0. The molecule has 0 aliphatic heterocycles. The zero-order valence-corrected chi connectivity index (χ0v) is 46.1. The molecule has 12 aromatic rings. The van der Waals surface area contributed by atoms with E-state index in [1.807, 2.05) is 0 Å². The highest BCUT2D eigenvalue weighted by Gasteiger charge is 2.24. The minimum absolute atomic E-state index is 0.429. The molecule has 0 heterocycles. The molecular formula is C76H66N2. The fraction of sp³-hybridized carbons (Fsp3) is 0.132. The van der Waals surface area contributed by atoms with Crippen molar-refractivity contribution >= 4 is 66.4 Å². The molecule has 0 amide bonds. The second-order valence-electron chi connectivity index (χ2n) is 22.0. The molecule has 0 saturated heterocycles. The van der Waals surface area contributed by atoms with Crippen molar-refractivity contribution in [2.24, 2.45) is 0 Å². The number of nitrogens with zero attached hydrogens (tertiary/aromatic N) is 2. The molecule has 0 fully saturated rings. The molecule has 2 heteroatoms. The summed E-state index contributed by atoms with van der Waals surface area (Å²) in [5.41, 5.74) is 24.2. The van der Waals surface area contributed by atoms with E-state index in [1.54, 1.807) is 0 Å². The smallest absolute Gasteiger partial charge is 0.0546 e. The average Bonchev–Trinajstić information content (AvgIpc) is 3.65. The summed E-state index contributed by atoms with van der Waals surface area (Å²) in [7, 11) is 0. The van der Waals surface area contributed by atoms with Crippen LogP contribution in [0.1, 0.15) is 72.9 Å². The second-order valence-corrected chi connectivity index (χ2v) is 22.0. The van der Waals surface area contributed by atoms with Crippen LogP contribution in [-0.2, 0) is 0 Å². The van der Waals surface area contributed by atoms with E-state index in [0.29, 0.717) is 11.8 Å². The van der Waals surface area contributed by atoms with Crippen molar-refractivity contribution in [2.75, 3.05) is 9.80 Å². The normalized spacial score (nSPS) is 11.6. The fourth-order valence-electron chi connectivity index (χ4n) is 11.8. The van der Waals surface area contributed by atoms with Gasteiger partial charge in [0.2, 0.25) is 0 Å². The van der Waals surface area contributed by atoms with Crippen LogP contribution in [-0.4, -0.2) is 0 Å². The van der Waals surface area contributed by atoms with Crippen molar-refractivity contribution in [2.45, 2.75) is 67.2 Å². The van der Waals surface area contributed by atoms with E-state index in [9.17, 15) is 0 Å². The van der Waals surface area contributed by atoms with Gasteiger partial charge < -0.3 is 9.80 Å². The third kappa shape index (κ3) is 9.32. The Kier molecular flexibility index (Phi) is 13.3. The molecule has 0 bridgehead atoms. The molecule has 0 aliphatic rings. The highest BCUT2D eigenvalue weighted by atomic mass is 15.2. The van der Waals surface area contributed by atoms with Gasteiger partial charge >= 0.3 is 0 Å². The Hall–Kier alpha value is -8.98. The summed E-state index contributed by atoms with van der Waals surface area (Å²) in [6, 6.07) is 90.8. The van der Waals surface area contributed by atoms with Crippen LogP contribution in [0.3, 0.4) is 0 Å². The molecule has 0 unspecified atom stereocenters. The molecule has 12 rings (SSSR count). The zero-order valence-electron chi connectivity index (χ0n) is 46.1. The van der Waals surface area contributed by atoms with Crippen LogP contribution in [0.2, 0.25) is 0 Å². The number of benzene rings is 12. The van der Waals surface area contributed by atoms with E-state index in [2.05, 4.69) is 308 Å². The van der Waals surface area contributed by atoms with Gasteiger partial charge in [0, 0.05) is 33.5 Å². The first-order valence-corrected chi connectivity index (χ1v) is 27.7. The van der Waals surface area contributed by atoms with Crippen LogP contribution in [0.25, 0.3) is 76.8 Å². The molecule has 0 saturated carbocycles. The first-order valence-electron chi connectivity index (χ1n) is 27.7. The lowest BCUT2D eigenvalue weighted by Gasteiger charge is -2.31. The van der Waals surface area contributed by atoms with Gasteiger partial charge in [-0.15, -0.1) is 0 Å². The lowest BCUT2D eigenvalue weighted by atomic mass is 9.90. The molecule has 0 aromatic heterocycles. The number of rotatable bonds is 12. The van der Waals surface area contributed by atoms with Gasteiger partial charge in [-0.05, 0) is 176 Å². The molecule has 12 aromatic carbocycles. The lowest BCUT2D eigenvalue weighted by Crippen LogP contribution is -2.13. The number of anilines is 6. The Labute approximate surface area is 461 Å². The average molecular weight is 1010 g/mol. The van der Waals surface area contributed by atoms with Crippen LogP contribution in [0.5, 0.6) is 0 Å². The standard InChI is InChI=1S/C76H66N2/c1-49(2)59-33-39-63(69(45-59)55-19-11-9-12-20-55)57-29-35-61(36-30-57)77(73-41-27-51(5)43-53(73)7)75-47-71-66-24-16-18-26-68(66)76(48-72(71)65-23-15-17-25-67(65)75)78(74-42-28-52(6)44-54(74)8)62-37-31-58(32-38-62)64-40-34-60(50(3)4)46-70(64)56-21-13-10-14-22-56/h9-50H,1-8H3. The van der Waals surface area contributed by atoms with Gasteiger partial charge in [0.05, 0.1) is 11.4 Å². The van der Waals surface area contributed by atoms with E-state index in [4.69, 9.17) is 0 Å². The van der Waals surface area contributed by atoms with Crippen LogP contribution in [0.15, 0.2) is 243 Å². The summed E-state index contributed by atoms with van der Waals surface area (Å²) < 4.78 is 0. The summed E-state index contributed by atoms with van der Waals surface area (Å²) in [5.74, 6) is 0.857. The topological polar surface area (TPSA) is 6.48 Å². The van der Waals surface area contributed by atoms with Crippen LogP contribution >= 0.6 is 0 Å². The van der Waals surface area contributed by atoms with Gasteiger partial charge in [0.25, 0.3) is 0 Å². The highest BCUT2D eigenvalue weighted by molar-refractivity contribution is 6.24.